The Morgan fingerprint density at radius 3 is 2.63 bits per heavy atom. The number of aryl methyl sites for hydroxylation is 1. The number of carbonyl (C=O) groups is 2. The summed E-state index contributed by atoms with van der Waals surface area (Å²) in [7, 11) is 1.57. The number of fused-ring (bicyclic) bond motifs is 1. The van der Waals surface area contributed by atoms with E-state index in [0.717, 1.165) is 60.7 Å². The molecule has 0 bridgehead atoms. The summed E-state index contributed by atoms with van der Waals surface area (Å²) in [5, 5.41) is 6.20. The van der Waals surface area contributed by atoms with Crippen LogP contribution in [0.15, 0.2) is 38.6 Å². The van der Waals surface area contributed by atoms with Gasteiger partial charge in [0, 0.05) is 17.0 Å². The van der Waals surface area contributed by atoms with E-state index in [0.29, 0.717) is 22.0 Å². The summed E-state index contributed by atoms with van der Waals surface area (Å²) in [5.74, 6) is -0.0890. The normalized spacial score (nSPS) is 13.4. The first-order valence-electron chi connectivity index (χ1n) is 11.5. The first kappa shape index (κ1) is 25.1. The van der Waals surface area contributed by atoms with Crippen molar-refractivity contribution in [3.63, 3.8) is 0 Å². The lowest BCUT2D eigenvalue weighted by Crippen LogP contribution is -2.36. The van der Waals surface area contributed by atoms with Crippen molar-refractivity contribution >= 4 is 40.0 Å². The number of aromatic nitrogens is 2. The summed E-state index contributed by atoms with van der Waals surface area (Å²) >= 11 is 2.50. The van der Waals surface area contributed by atoms with E-state index in [1.54, 1.807) is 38.3 Å². The third-order valence-electron chi connectivity index (χ3n) is 5.68. The van der Waals surface area contributed by atoms with Gasteiger partial charge in [0.15, 0.2) is 0 Å². The lowest BCUT2D eigenvalue weighted by molar-refractivity contribution is -0.704. The first-order chi connectivity index (χ1) is 17.0. The van der Waals surface area contributed by atoms with Crippen LogP contribution in [-0.4, -0.2) is 36.6 Å². The number of amides is 1. The number of carbonyl (C=O) groups excluding carboxylic acids is 2. The molecule has 0 unspecified atom stereocenters. The number of ether oxygens (including phenoxy) is 2. The summed E-state index contributed by atoms with van der Waals surface area (Å²) in [6, 6.07) is 7.05. The Balaban J connectivity index is 1.51. The number of esters is 1. The molecule has 0 spiro atoms. The predicted molar refractivity (Wildman–Crippen MR) is 133 cm³/mol. The van der Waals surface area contributed by atoms with Gasteiger partial charge in [-0.1, -0.05) is 12.8 Å². The van der Waals surface area contributed by atoms with Gasteiger partial charge in [-0.15, -0.1) is 11.3 Å². The van der Waals surface area contributed by atoms with Crippen LogP contribution in [0.4, 0.5) is 5.00 Å². The molecule has 0 radical (unpaired) electrons. The fourth-order valence-electron chi connectivity index (χ4n) is 4.01. The molecule has 2 heterocycles. The molecule has 1 aliphatic carbocycles. The van der Waals surface area contributed by atoms with Gasteiger partial charge in [0.1, 0.15) is 10.8 Å². The second kappa shape index (κ2) is 11.6. The highest BCUT2D eigenvalue weighted by molar-refractivity contribution is 7.99. The maximum Gasteiger partial charge on any atom is 0.442 e. The molecule has 1 aliphatic rings. The number of hydrogen-bond acceptors (Lipinski definition) is 8. The van der Waals surface area contributed by atoms with Crippen molar-refractivity contribution in [2.24, 2.45) is 0 Å². The summed E-state index contributed by atoms with van der Waals surface area (Å²) in [6.45, 7) is 2.03. The molecule has 0 aliphatic heterocycles. The molecule has 3 aromatic rings. The highest BCUT2D eigenvalue weighted by atomic mass is 32.2. The number of anilines is 1. The minimum Gasteiger partial charge on any atom is -0.497 e. The van der Waals surface area contributed by atoms with E-state index in [9.17, 15) is 14.4 Å². The first-order valence-corrected chi connectivity index (χ1v) is 13.3. The molecule has 186 valence electrons. The van der Waals surface area contributed by atoms with Crippen LogP contribution < -0.4 is 20.4 Å². The number of nitrogens with zero attached hydrogens (tertiary/aromatic N) is 1. The minimum atomic E-state index is -0.579. The van der Waals surface area contributed by atoms with Gasteiger partial charge in [-0.2, -0.15) is 0 Å². The van der Waals surface area contributed by atoms with Gasteiger partial charge < -0.3 is 14.8 Å². The van der Waals surface area contributed by atoms with E-state index in [4.69, 9.17) is 14.0 Å². The van der Waals surface area contributed by atoms with E-state index >= 15 is 0 Å². The minimum absolute atomic E-state index is 0.0381. The number of methoxy groups -OCH3 is 1. The number of nitrogens with one attached hydrogen (secondary N) is 2. The van der Waals surface area contributed by atoms with Crippen molar-refractivity contribution in [3.8, 4) is 11.4 Å². The van der Waals surface area contributed by atoms with Crippen LogP contribution in [0.5, 0.6) is 5.75 Å². The number of hydrogen-bond donors (Lipinski definition) is 2. The fraction of sp³-hybridized carbons (Fsp3) is 0.417. The monoisotopic (exact) mass is 518 g/mol. The fourth-order valence-corrected chi connectivity index (χ4v) is 6.08. The van der Waals surface area contributed by atoms with Crippen LogP contribution in [0.3, 0.4) is 0 Å². The maximum absolute atomic E-state index is 12.9. The number of benzene rings is 1. The molecule has 11 heteroatoms. The standard InChI is InChI=1S/C24H27N3O6S2/c1-3-32-23(29)20-17-8-6-4-5-7-9-18(17)35-21(20)25-19(28)14-34-22-24(30)33-26-27(22)15-10-12-16(31-2)13-11-15/h10-13H,3-9,14H2,1-2H3,(H-,25,26,28,29,30)/p+1. The van der Waals surface area contributed by atoms with E-state index in [-0.39, 0.29) is 23.3 Å². The van der Waals surface area contributed by atoms with Crippen molar-refractivity contribution in [1.29, 1.82) is 0 Å². The van der Waals surface area contributed by atoms with E-state index < -0.39 is 11.6 Å². The molecule has 9 nitrogen and oxygen atoms in total. The Labute approximate surface area is 210 Å². The quantitative estimate of drug-likeness (QED) is 0.264. The van der Waals surface area contributed by atoms with Gasteiger partial charge in [-0.25, -0.2) is 9.59 Å². The van der Waals surface area contributed by atoms with Crippen LogP contribution in [0.1, 0.15) is 53.4 Å². The van der Waals surface area contributed by atoms with Crippen molar-refractivity contribution in [2.75, 3.05) is 24.8 Å². The van der Waals surface area contributed by atoms with E-state index in [1.165, 1.54) is 16.0 Å². The maximum atomic E-state index is 12.9. The number of rotatable bonds is 8. The SMILES string of the molecule is CCOC(=O)c1c(NC(=O)CSc2c(=O)o[nH][n+]2-c2ccc(OC)cc2)sc2c1CCCCCC2. The van der Waals surface area contributed by atoms with Crippen LogP contribution in [0, 0.1) is 0 Å². The highest BCUT2D eigenvalue weighted by Gasteiger charge is 2.28. The van der Waals surface area contributed by atoms with Gasteiger partial charge in [0.2, 0.25) is 11.6 Å². The molecule has 2 N–H and O–H groups in total. The molecular formula is C24H28N3O6S2+. The largest absolute Gasteiger partial charge is 0.497 e. The zero-order valence-electron chi connectivity index (χ0n) is 19.7. The Hall–Kier alpha value is -3.05. The third-order valence-corrected chi connectivity index (χ3v) is 7.92. The average molecular weight is 519 g/mol. The van der Waals surface area contributed by atoms with Crippen LogP contribution in [0.2, 0.25) is 0 Å². The van der Waals surface area contributed by atoms with Gasteiger partial charge >= 0.3 is 16.6 Å². The summed E-state index contributed by atoms with van der Waals surface area (Å²) in [6.07, 6.45) is 6.06. The van der Waals surface area contributed by atoms with Crippen molar-refractivity contribution < 1.29 is 28.3 Å². The number of thiophene rings is 1. The lowest BCUT2D eigenvalue weighted by Gasteiger charge is -2.11. The molecule has 0 atom stereocenters. The smallest absolute Gasteiger partial charge is 0.442 e. The van der Waals surface area contributed by atoms with Gasteiger partial charge in [0.05, 0.1) is 25.0 Å². The molecule has 2 aromatic heterocycles. The van der Waals surface area contributed by atoms with Gasteiger partial charge in [-0.3, -0.25) is 9.32 Å². The van der Waals surface area contributed by atoms with Crippen LogP contribution in [0.25, 0.3) is 5.69 Å². The Kier molecular flexibility index (Phi) is 8.29. The number of H-pyrrole nitrogens is 1. The third kappa shape index (κ3) is 5.79. The van der Waals surface area contributed by atoms with Crippen molar-refractivity contribution in [2.45, 2.75) is 50.5 Å². The van der Waals surface area contributed by atoms with Crippen molar-refractivity contribution in [1.82, 2.24) is 5.27 Å². The van der Waals surface area contributed by atoms with E-state index in [1.807, 2.05) is 0 Å². The zero-order chi connectivity index (χ0) is 24.8. The molecule has 35 heavy (non-hydrogen) atoms. The molecule has 0 fully saturated rings. The van der Waals surface area contributed by atoms with Gasteiger partial charge in [-0.05, 0) is 72.0 Å². The highest BCUT2D eigenvalue weighted by Crippen LogP contribution is 2.37. The second-order valence-electron chi connectivity index (χ2n) is 8.00. The summed E-state index contributed by atoms with van der Waals surface area (Å²) in [5.41, 5.74) is 1.55. The topological polar surface area (TPSA) is 115 Å². The number of thioether (sulfide) groups is 1. The Bertz CT molecular complexity index is 1250. The molecule has 4 rings (SSSR count). The molecular weight excluding hydrogens is 490 g/mol. The lowest BCUT2D eigenvalue weighted by atomic mass is 9.96. The molecule has 1 aromatic carbocycles. The predicted octanol–water partition coefficient (Wildman–Crippen LogP) is 3.88. The van der Waals surface area contributed by atoms with Crippen LogP contribution in [-0.2, 0) is 22.4 Å². The van der Waals surface area contributed by atoms with E-state index in [2.05, 4.69) is 10.6 Å². The zero-order valence-corrected chi connectivity index (χ0v) is 21.3. The molecule has 1 amide bonds. The second-order valence-corrected chi connectivity index (χ2v) is 10.1. The molecule has 0 saturated heterocycles. The Morgan fingerprint density at radius 1 is 1.17 bits per heavy atom. The van der Waals surface area contributed by atoms with Crippen LogP contribution >= 0.6 is 23.1 Å². The molecule has 0 saturated carbocycles. The van der Waals surface area contributed by atoms with Crippen molar-refractivity contribution in [3.05, 3.63) is 50.7 Å². The van der Waals surface area contributed by atoms with Gasteiger partial charge in [0.25, 0.3) is 0 Å². The summed E-state index contributed by atoms with van der Waals surface area (Å²) in [4.78, 5) is 39.1. The Morgan fingerprint density at radius 2 is 1.91 bits per heavy atom. The summed E-state index contributed by atoms with van der Waals surface area (Å²) < 4.78 is 16.9. The average Bonchev–Trinajstić information content (AvgIpc) is 3.37. The number of aromatic amines is 1.